The van der Waals surface area contributed by atoms with Gasteiger partial charge in [0, 0.05) is 13.0 Å². The maximum Gasteiger partial charge on any atom is 0.279 e. The van der Waals surface area contributed by atoms with Crippen LogP contribution in [0.5, 0.6) is 5.75 Å². The molecule has 3 N–H and O–H groups in total. The SMILES string of the molecule is Cc1cccc(O[C@H](C)C(=O)NNC(=O)CCn2c(-c3cccs3)n[nH]c2=S)c1C. The number of carbonyl (C=O) groups excluding carboxylic acids is 2. The second kappa shape index (κ2) is 9.68. The van der Waals surface area contributed by atoms with Gasteiger partial charge in [0.25, 0.3) is 5.91 Å². The van der Waals surface area contributed by atoms with Crippen LogP contribution < -0.4 is 15.6 Å². The van der Waals surface area contributed by atoms with Crippen molar-refractivity contribution in [3.8, 4) is 16.5 Å². The zero-order chi connectivity index (χ0) is 21.7. The van der Waals surface area contributed by atoms with Crippen LogP contribution >= 0.6 is 23.6 Å². The Bertz CT molecular complexity index is 1090. The summed E-state index contributed by atoms with van der Waals surface area (Å²) >= 11 is 6.79. The number of nitrogens with one attached hydrogen (secondary N) is 3. The summed E-state index contributed by atoms with van der Waals surface area (Å²) in [7, 11) is 0. The number of aromatic nitrogens is 3. The number of hydrogen-bond donors (Lipinski definition) is 3. The fourth-order valence-electron chi connectivity index (χ4n) is 2.72. The molecule has 158 valence electrons. The highest BCUT2D eigenvalue weighted by Crippen LogP contribution is 2.23. The van der Waals surface area contributed by atoms with Crippen LogP contribution in [0.1, 0.15) is 24.5 Å². The summed E-state index contributed by atoms with van der Waals surface area (Å²) in [5, 5.41) is 8.92. The molecule has 1 aromatic carbocycles. The third kappa shape index (κ3) is 5.14. The summed E-state index contributed by atoms with van der Waals surface area (Å²) in [5.41, 5.74) is 6.87. The first kappa shape index (κ1) is 21.7. The van der Waals surface area contributed by atoms with Gasteiger partial charge in [0.2, 0.25) is 5.91 Å². The Morgan fingerprint density at radius 2 is 2.07 bits per heavy atom. The number of carbonyl (C=O) groups is 2. The molecule has 0 fully saturated rings. The molecular weight excluding hydrogens is 422 g/mol. The Kier molecular flexibility index (Phi) is 7.01. The number of benzene rings is 1. The van der Waals surface area contributed by atoms with Gasteiger partial charge in [-0.3, -0.25) is 30.1 Å². The average molecular weight is 446 g/mol. The molecule has 0 aliphatic carbocycles. The number of aryl methyl sites for hydroxylation is 1. The zero-order valence-corrected chi connectivity index (χ0v) is 18.5. The Hall–Kier alpha value is -2.98. The minimum Gasteiger partial charge on any atom is -0.481 e. The maximum absolute atomic E-state index is 12.3. The summed E-state index contributed by atoms with van der Waals surface area (Å²) in [6, 6.07) is 9.51. The van der Waals surface area contributed by atoms with Crippen molar-refractivity contribution in [1.82, 2.24) is 25.6 Å². The molecule has 0 aliphatic heterocycles. The summed E-state index contributed by atoms with van der Waals surface area (Å²) in [6.45, 7) is 5.87. The first-order chi connectivity index (χ1) is 14.4. The molecule has 0 saturated heterocycles. The van der Waals surface area contributed by atoms with E-state index in [0.29, 0.717) is 22.9 Å². The van der Waals surface area contributed by atoms with Crippen LogP contribution in [0.15, 0.2) is 35.7 Å². The van der Waals surface area contributed by atoms with Crippen molar-refractivity contribution < 1.29 is 14.3 Å². The molecule has 0 radical (unpaired) electrons. The minimum absolute atomic E-state index is 0.124. The van der Waals surface area contributed by atoms with Crippen molar-refractivity contribution in [3.63, 3.8) is 0 Å². The van der Waals surface area contributed by atoms with Crippen molar-refractivity contribution in [2.45, 2.75) is 39.8 Å². The van der Waals surface area contributed by atoms with Crippen LogP contribution in [0, 0.1) is 18.6 Å². The van der Waals surface area contributed by atoms with Gasteiger partial charge in [0.1, 0.15) is 5.75 Å². The Morgan fingerprint density at radius 1 is 1.27 bits per heavy atom. The Labute approximate surface area is 183 Å². The summed E-state index contributed by atoms with van der Waals surface area (Å²) in [5.74, 6) is 0.535. The highest BCUT2D eigenvalue weighted by molar-refractivity contribution is 7.71. The number of hydrogen-bond acceptors (Lipinski definition) is 6. The molecule has 2 amide bonds. The summed E-state index contributed by atoms with van der Waals surface area (Å²) < 4.78 is 7.91. The normalized spacial score (nSPS) is 11.7. The number of aromatic amines is 1. The average Bonchev–Trinajstić information content (AvgIpc) is 3.37. The van der Waals surface area contributed by atoms with Gasteiger partial charge in [0.15, 0.2) is 16.7 Å². The maximum atomic E-state index is 12.3. The van der Waals surface area contributed by atoms with Gasteiger partial charge in [-0.2, -0.15) is 5.10 Å². The van der Waals surface area contributed by atoms with Crippen LogP contribution in [-0.4, -0.2) is 32.7 Å². The third-order valence-corrected chi connectivity index (χ3v) is 5.79. The van der Waals surface area contributed by atoms with E-state index in [1.165, 1.54) is 11.3 Å². The molecule has 3 rings (SSSR count). The number of ether oxygens (including phenoxy) is 1. The van der Waals surface area contributed by atoms with E-state index in [1.807, 2.05) is 49.6 Å². The van der Waals surface area contributed by atoms with Crippen LogP contribution in [-0.2, 0) is 16.1 Å². The number of rotatable bonds is 7. The van der Waals surface area contributed by atoms with Crippen molar-refractivity contribution in [3.05, 3.63) is 51.6 Å². The fourth-order valence-corrected chi connectivity index (χ4v) is 3.67. The van der Waals surface area contributed by atoms with Crippen LogP contribution in [0.2, 0.25) is 0 Å². The standard InChI is InChI=1S/C20H23N5O3S2/c1-12-6-4-7-15(13(12)2)28-14(3)19(27)23-21-17(26)9-10-25-18(22-24-20(25)29)16-8-5-11-30-16/h4-8,11,14H,9-10H2,1-3H3,(H,21,26)(H,23,27)(H,24,29)/t14-/m1/s1. The molecule has 0 unspecified atom stereocenters. The van der Waals surface area contributed by atoms with E-state index in [2.05, 4.69) is 21.0 Å². The number of H-pyrrole nitrogens is 1. The van der Waals surface area contributed by atoms with Crippen LogP contribution in [0.3, 0.4) is 0 Å². The Balaban J connectivity index is 1.50. The lowest BCUT2D eigenvalue weighted by atomic mass is 10.1. The summed E-state index contributed by atoms with van der Waals surface area (Å²) in [6.07, 6.45) is -0.641. The number of nitrogens with zero attached hydrogens (tertiary/aromatic N) is 2. The van der Waals surface area contributed by atoms with Gasteiger partial charge in [-0.1, -0.05) is 18.2 Å². The fraction of sp³-hybridized carbons (Fsp3) is 0.300. The molecule has 1 atom stereocenters. The van der Waals surface area contributed by atoms with Crippen molar-refractivity contribution in [2.75, 3.05) is 0 Å². The molecule has 3 aromatic rings. The second-order valence-corrected chi connectivity index (χ2v) is 8.06. The second-order valence-electron chi connectivity index (χ2n) is 6.73. The molecule has 8 nitrogen and oxygen atoms in total. The van der Waals surface area contributed by atoms with Crippen molar-refractivity contribution >= 4 is 35.4 Å². The lowest BCUT2D eigenvalue weighted by Crippen LogP contribution is -2.47. The number of amides is 2. The van der Waals surface area contributed by atoms with E-state index < -0.39 is 12.0 Å². The van der Waals surface area contributed by atoms with E-state index in [9.17, 15) is 9.59 Å². The van der Waals surface area contributed by atoms with Crippen LogP contribution in [0.25, 0.3) is 10.7 Å². The van der Waals surface area contributed by atoms with Gasteiger partial charge in [-0.25, -0.2) is 0 Å². The van der Waals surface area contributed by atoms with Gasteiger partial charge in [-0.05, 0) is 61.6 Å². The first-order valence-corrected chi connectivity index (χ1v) is 10.7. The van der Waals surface area contributed by atoms with Gasteiger partial charge in [0.05, 0.1) is 4.88 Å². The van der Waals surface area contributed by atoms with E-state index in [0.717, 1.165) is 16.0 Å². The monoisotopic (exact) mass is 445 g/mol. The molecule has 0 saturated carbocycles. The van der Waals surface area contributed by atoms with E-state index in [-0.39, 0.29) is 12.3 Å². The molecule has 0 spiro atoms. The van der Waals surface area contributed by atoms with E-state index >= 15 is 0 Å². The Morgan fingerprint density at radius 3 is 2.80 bits per heavy atom. The largest absolute Gasteiger partial charge is 0.481 e. The predicted molar refractivity (Wildman–Crippen MR) is 118 cm³/mol. The number of thiophene rings is 1. The predicted octanol–water partition coefficient (Wildman–Crippen LogP) is 3.29. The lowest BCUT2D eigenvalue weighted by molar-refractivity contribution is -0.132. The number of hydrazine groups is 1. The van der Waals surface area contributed by atoms with Gasteiger partial charge < -0.3 is 4.74 Å². The zero-order valence-electron chi connectivity index (χ0n) is 16.9. The van der Waals surface area contributed by atoms with Crippen molar-refractivity contribution in [1.29, 1.82) is 0 Å². The molecule has 2 aromatic heterocycles. The molecular formula is C20H23N5O3S2. The summed E-state index contributed by atoms with van der Waals surface area (Å²) in [4.78, 5) is 25.4. The smallest absolute Gasteiger partial charge is 0.279 e. The quantitative estimate of drug-likeness (QED) is 0.383. The lowest BCUT2D eigenvalue weighted by Gasteiger charge is -2.17. The molecule has 30 heavy (non-hydrogen) atoms. The first-order valence-electron chi connectivity index (χ1n) is 9.37. The third-order valence-electron chi connectivity index (χ3n) is 4.62. The minimum atomic E-state index is -0.765. The van der Waals surface area contributed by atoms with Gasteiger partial charge in [-0.15, -0.1) is 11.3 Å². The van der Waals surface area contributed by atoms with Crippen LogP contribution in [0.4, 0.5) is 0 Å². The molecule has 2 heterocycles. The van der Waals surface area contributed by atoms with Gasteiger partial charge >= 0.3 is 0 Å². The van der Waals surface area contributed by atoms with E-state index in [4.69, 9.17) is 17.0 Å². The van der Waals surface area contributed by atoms with Crippen molar-refractivity contribution in [2.24, 2.45) is 0 Å². The highest BCUT2D eigenvalue weighted by Gasteiger charge is 2.17. The topological polar surface area (TPSA) is 101 Å². The highest BCUT2D eigenvalue weighted by atomic mass is 32.1. The molecule has 0 aliphatic rings. The van der Waals surface area contributed by atoms with E-state index in [1.54, 1.807) is 11.5 Å². The molecule has 10 heteroatoms. The molecule has 0 bridgehead atoms.